The van der Waals surface area contributed by atoms with Crippen LogP contribution in [0.5, 0.6) is 0 Å². The smallest absolute Gasteiger partial charge is 0.319 e. The lowest BCUT2D eigenvalue weighted by Crippen LogP contribution is -2.43. The van der Waals surface area contributed by atoms with Gasteiger partial charge >= 0.3 is 6.03 Å². The molecule has 1 fully saturated rings. The van der Waals surface area contributed by atoms with Crippen LogP contribution in [0, 0.1) is 0 Å². The molecule has 3 rings (SSSR count). The molecule has 5 heteroatoms. The molecule has 0 radical (unpaired) electrons. The zero-order valence-corrected chi connectivity index (χ0v) is 15.0. The number of hydrogen-bond acceptors (Lipinski definition) is 2. The van der Waals surface area contributed by atoms with Crippen molar-refractivity contribution in [3.05, 3.63) is 70.2 Å². The Kier molecular flexibility index (Phi) is 4.71. The summed E-state index contributed by atoms with van der Waals surface area (Å²) < 4.78 is 0.887. The molecule has 4 nitrogen and oxygen atoms in total. The predicted octanol–water partition coefficient (Wildman–Crippen LogP) is 4.20. The summed E-state index contributed by atoms with van der Waals surface area (Å²) in [7, 11) is 0. The molecule has 1 aliphatic heterocycles. The van der Waals surface area contributed by atoms with Crippen molar-refractivity contribution in [1.82, 2.24) is 10.2 Å². The number of benzene rings is 2. The molecule has 1 saturated heterocycles. The molecular weight excluding hydrogens is 368 g/mol. The molecule has 3 amide bonds. The second kappa shape index (κ2) is 6.77. The number of hydrogen-bond donors (Lipinski definition) is 1. The average Bonchev–Trinajstić information content (AvgIpc) is 2.83. The van der Waals surface area contributed by atoms with Crippen molar-refractivity contribution in [3.63, 3.8) is 0 Å². The summed E-state index contributed by atoms with van der Waals surface area (Å²) in [6, 6.07) is 16.8. The van der Waals surface area contributed by atoms with E-state index in [1.165, 1.54) is 4.90 Å². The average molecular weight is 387 g/mol. The maximum atomic E-state index is 13.2. The Hall–Kier alpha value is -2.14. The van der Waals surface area contributed by atoms with E-state index < -0.39 is 5.54 Å². The number of nitrogens with one attached hydrogen (secondary N) is 1. The summed E-state index contributed by atoms with van der Waals surface area (Å²) in [5.74, 6) is -0.184. The Morgan fingerprint density at radius 2 is 1.71 bits per heavy atom. The van der Waals surface area contributed by atoms with E-state index in [0.717, 1.165) is 22.0 Å². The zero-order valence-electron chi connectivity index (χ0n) is 13.5. The summed E-state index contributed by atoms with van der Waals surface area (Å²) in [6.07, 6.45) is 1.37. The number of nitrogens with zero attached hydrogens (tertiary/aromatic N) is 1. The van der Waals surface area contributed by atoms with Crippen molar-refractivity contribution in [2.24, 2.45) is 0 Å². The molecule has 1 aliphatic rings. The van der Waals surface area contributed by atoms with Gasteiger partial charge in [0.2, 0.25) is 0 Å². The molecule has 24 heavy (non-hydrogen) atoms. The van der Waals surface area contributed by atoms with E-state index >= 15 is 0 Å². The standard InChI is InChI=1S/C19H19BrN2O2/c1-2-12-19(15-9-4-3-5-10-15)17(23)22(18(24)21-19)13-14-8-6-7-11-16(14)20/h3-11H,2,12-13H2,1H3,(H,21,24). The lowest BCUT2D eigenvalue weighted by Gasteiger charge is -2.27. The summed E-state index contributed by atoms with van der Waals surface area (Å²) in [5.41, 5.74) is 0.773. The second-order valence-corrected chi connectivity index (χ2v) is 6.79. The fourth-order valence-corrected chi connectivity index (χ4v) is 3.58. The van der Waals surface area contributed by atoms with Gasteiger partial charge in [-0.05, 0) is 23.6 Å². The molecule has 0 bridgehead atoms. The van der Waals surface area contributed by atoms with E-state index in [-0.39, 0.29) is 18.5 Å². The number of halogens is 1. The Morgan fingerprint density at radius 1 is 1.04 bits per heavy atom. The summed E-state index contributed by atoms with van der Waals surface area (Å²) >= 11 is 3.48. The molecule has 1 heterocycles. The quantitative estimate of drug-likeness (QED) is 0.782. The highest BCUT2D eigenvalue weighted by Crippen LogP contribution is 2.34. The molecule has 0 aliphatic carbocycles. The molecule has 0 aromatic heterocycles. The largest absolute Gasteiger partial charge is 0.325 e. The molecule has 0 spiro atoms. The third-order valence-corrected chi connectivity index (χ3v) is 5.13. The minimum absolute atomic E-state index is 0.184. The fourth-order valence-electron chi connectivity index (χ4n) is 3.17. The number of imide groups is 1. The molecule has 1 atom stereocenters. The Labute approximate surface area is 150 Å². The SMILES string of the molecule is CCCC1(c2ccccc2)NC(=O)N(Cc2ccccc2Br)C1=O. The normalized spacial score (nSPS) is 20.3. The minimum Gasteiger partial charge on any atom is -0.319 e. The molecule has 0 saturated carbocycles. The van der Waals surface area contributed by atoms with Crippen LogP contribution >= 0.6 is 15.9 Å². The van der Waals surface area contributed by atoms with E-state index in [9.17, 15) is 9.59 Å². The highest BCUT2D eigenvalue weighted by molar-refractivity contribution is 9.10. The maximum absolute atomic E-state index is 13.2. The summed E-state index contributed by atoms with van der Waals surface area (Å²) in [4.78, 5) is 27.0. The van der Waals surface area contributed by atoms with Gasteiger partial charge in [-0.3, -0.25) is 9.69 Å². The Bertz CT molecular complexity index is 763. The first kappa shape index (κ1) is 16.7. The van der Waals surface area contributed by atoms with Crippen LogP contribution in [0.4, 0.5) is 4.79 Å². The fraction of sp³-hybridized carbons (Fsp3) is 0.263. The lowest BCUT2D eigenvalue weighted by atomic mass is 9.85. The highest BCUT2D eigenvalue weighted by Gasteiger charge is 2.51. The number of rotatable bonds is 5. The number of carbonyl (C=O) groups is 2. The van der Waals surface area contributed by atoms with Crippen molar-refractivity contribution in [2.45, 2.75) is 31.8 Å². The van der Waals surface area contributed by atoms with Gasteiger partial charge in [0.1, 0.15) is 5.54 Å². The summed E-state index contributed by atoms with van der Waals surface area (Å²) in [5, 5.41) is 2.95. The number of carbonyl (C=O) groups excluding carboxylic acids is 2. The van der Waals surface area contributed by atoms with Crippen molar-refractivity contribution >= 4 is 27.9 Å². The van der Waals surface area contributed by atoms with Gasteiger partial charge in [0.05, 0.1) is 6.54 Å². The van der Waals surface area contributed by atoms with Gasteiger partial charge in [0, 0.05) is 4.47 Å². The van der Waals surface area contributed by atoms with Crippen LogP contribution in [-0.2, 0) is 16.9 Å². The Morgan fingerprint density at radius 3 is 2.38 bits per heavy atom. The van der Waals surface area contributed by atoms with Gasteiger partial charge in [0.15, 0.2) is 0 Å². The highest BCUT2D eigenvalue weighted by atomic mass is 79.9. The molecule has 2 aromatic rings. The van der Waals surface area contributed by atoms with Crippen LogP contribution in [0.1, 0.15) is 30.9 Å². The van der Waals surface area contributed by atoms with Gasteiger partial charge in [-0.2, -0.15) is 0 Å². The summed E-state index contributed by atoms with van der Waals surface area (Å²) in [6.45, 7) is 2.27. The lowest BCUT2D eigenvalue weighted by molar-refractivity contribution is -0.132. The third kappa shape index (κ3) is 2.84. The maximum Gasteiger partial charge on any atom is 0.325 e. The second-order valence-electron chi connectivity index (χ2n) is 5.93. The molecule has 1 N–H and O–H groups in total. The zero-order chi connectivity index (χ0) is 17.2. The van der Waals surface area contributed by atoms with Gasteiger partial charge in [0.25, 0.3) is 5.91 Å². The molecule has 124 valence electrons. The van der Waals surface area contributed by atoms with Gasteiger partial charge in [-0.15, -0.1) is 0 Å². The van der Waals surface area contributed by atoms with Crippen LogP contribution in [0.3, 0.4) is 0 Å². The number of urea groups is 1. The van der Waals surface area contributed by atoms with Crippen LogP contribution in [0.2, 0.25) is 0 Å². The first-order chi connectivity index (χ1) is 11.6. The van der Waals surface area contributed by atoms with E-state index in [4.69, 9.17) is 0 Å². The van der Waals surface area contributed by atoms with Crippen molar-refractivity contribution in [2.75, 3.05) is 0 Å². The van der Waals surface area contributed by atoms with Gasteiger partial charge in [-0.1, -0.05) is 77.8 Å². The van der Waals surface area contributed by atoms with Crippen LogP contribution in [0.25, 0.3) is 0 Å². The van der Waals surface area contributed by atoms with Gasteiger partial charge < -0.3 is 5.32 Å². The van der Waals surface area contributed by atoms with Gasteiger partial charge in [-0.25, -0.2) is 4.79 Å². The minimum atomic E-state index is -0.964. The first-order valence-electron chi connectivity index (χ1n) is 8.01. The van der Waals surface area contributed by atoms with Crippen molar-refractivity contribution in [1.29, 1.82) is 0 Å². The van der Waals surface area contributed by atoms with Crippen LogP contribution in [0.15, 0.2) is 59.1 Å². The van der Waals surface area contributed by atoms with Crippen LogP contribution < -0.4 is 5.32 Å². The number of amides is 3. The van der Waals surface area contributed by atoms with Crippen molar-refractivity contribution in [3.8, 4) is 0 Å². The third-order valence-electron chi connectivity index (χ3n) is 4.35. The Balaban J connectivity index is 1.96. The van der Waals surface area contributed by atoms with E-state index in [2.05, 4.69) is 21.2 Å². The molecular formula is C19H19BrN2O2. The molecule has 2 aromatic carbocycles. The first-order valence-corrected chi connectivity index (χ1v) is 8.81. The topological polar surface area (TPSA) is 49.4 Å². The molecule has 1 unspecified atom stereocenters. The van der Waals surface area contributed by atoms with E-state index in [1.807, 2.05) is 61.5 Å². The van der Waals surface area contributed by atoms with Crippen LogP contribution in [-0.4, -0.2) is 16.8 Å². The van der Waals surface area contributed by atoms with Crippen molar-refractivity contribution < 1.29 is 9.59 Å². The monoisotopic (exact) mass is 386 g/mol. The predicted molar refractivity (Wildman–Crippen MR) is 96.3 cm³/mol. The van der Waals surface area contributed by atoms with E-state index in [0.29, 0.717) is 6.42 Å². The van der Waals surface area contributed by atoms with E-state index in [1.54, 1.807) is 0 Å².